The van der Waals surface area contributed by atoms with Crippen molar-refractivity contribution < 1.29 is 0 Å². The molecule has 0 saturated carbocycles. The van der Waals surface area contributed by atoms with Crippen LogP contribution in [-0.2, 0) is 10.2 Å². The van der Waals surface area contributed by atoms with Gasteiger partial charge in [-0.15, -0.1) is 10.2 Å². The molecular formula is C9H16N2S2. The van der Waals surface area contributed by atoms with Gasteiger partial charge in [0, 0.05) is 5.41 Å². The summed E-state index contributed by atoms with van der Waals surface area (Å²) in [5, 5.41) is 10.4. The van der Waals surface area contributed by atoms with Gasteiger partial charge >= 0.3 is 0 Å². The molecule has 0 radical (unpaired) electrons. The second kappa shape index (κ2) is 3.24. The monoisotopic (exact) mass is 216 g/mol. The maximum atomic E-state index is 4.46. The Hall–Kier alpha value is -0.0900. The molecule has 0 amide bonds. The summed E-state index contributed by atoms with van der Waals surface area (Å²) < 4.78 is -0.179. The zero-order valence-electron chi connectivity index (χ0n) is 8.75. The molecule has 0 unspecified atom stereocenters. The molecule has 0 saturated heterocycles. The van der Waals surface area contributed by atoms with Crippen molar-refractivity contribution in [3.63, 3.8) is 0 Å². The lowest BCUT2D eigenvalue weighted by Crippen LogP contribution is -2.10. The van der Waals surface area contributed by atoms with Crippen LogP contribution in [0.5, 0.6) is 0 Å². The zero-order chi connectivity index (χ0) is 10.3. The Morgan fingerprint density at radius 2 is 1.46 bits per heavy atom. The third kappa shape index (κ3) is 2.68. The maximum Gasteiger partial charge on any atom is 0.132 e. The van der Waals surface area contributed by atoms with Crippen molar-refractivity contribution in [2.45, 2.75) is 44.8 Å². The molecule has 0 aliphatic heterocycles. The van der Waals surface area contributed by atoms with Crippen LogP contribution in [0.4, 0.5) is 0 Å². The van der Waals surface area contributed by atoms with Crippen LogP contribution in [0.2, 0.25) is 0 Å². The molecule has 0 aliphatic carbocycles. The van der Waals surface area contributed by atoms with E-state index in [4.69, 9.17) is 0 Å². The van der Waals surface area contributed by atoms with E-state index in [1.54, 1.807) is 11.3 Å². The van der Waals surface area contributed by atoms with Crippen LogP contribution in [0.15, 0.2) is 0 Å². The normalized spacial score (nSPS) is 13.4. The minimum absolute atomic E-state index is 0.0922. The largest absolute Gasteiger partial charge is 0.166 e. The molecule has 0 fully saturated rings. The van der Waals surface area contributed by atoms with Crippen molar-refractivity contribution in [3.05, 3.63) is 10.0 Å². The molecule has 0 N–H and O–H groups in total. The summed E-state index contributed by atoms with van der Waals surface area (Å²) in [5.74, 6) is 0. The van der Waals surface area contributed by atoms with Gasteiger partial charge < -0.3 is 0 Å². The van der Waals surface area contributed by atoms with Crippen LogP contribution >= 0.6 is 24.0 Å². The molecule has 0 atom stereocenters. The van der Waals surface area contributed by atoms with Gasteiger partial charge in [0.1, 0.15) is 10.0 Å². The van der Waals surface area contributed by atoms with Gasteiger partial charge in [-0.25, -0.2) is 0 Å². The van der Waals surface area contributed by atoms with Crippen LogP contribution < -0.4 is 0 Å². The van der Waals surface area contributed by atoms with Crippen molar-refractivity contribution >= 4 is 24.0 Å². The van der Waals surface area contributed by atoms with E-state index in [1.165, 1.54) is 0 Å². The SMILES string of the molecule is CC(C)(C)c1nnc(C(C)(C)S)s1. The summed E-state index contributed by atoms with van der Waals surface area (Å²) in [6.45, 7) is 10.5. The predicted molar refractivity (Wildman–Crippen MR) is 60.6 cm³/mol. The van der Waals surface area contributed by atoms with Gasteiger partial charge in [0.05, 0.1) is 4.75 Å². The summed E-state index contributed by atoms with van der Waals surface area (Å²) in [4.78, 5) is 0. The third-order valence-electron chi connectivity index (χ3n) is 1.59. The zero-order valence-corrected chi connectivity index (χ0v) is 10.5. The third-order valence-corrected chi connectivity index (χ3v) is 3.63. The summed E-state index contributed by atoms with van der Waals surface area (Å²) >= 11 is 6.11. The first kappa shape index (κ1) is 11.0. The van der Waals surface area contributed by atoms with Crippen LogP contribution in [-0.4, -0.2) is 10.2 Å². The molecule has 0 aromatic carbocycles. The lowest BCUT2D eigenvalue weighted by molar-refractivity contribution is 0.577. The van der Waals surface area contributed by atoms with E-state index in [1.807, 2.05) is 13.8 Å². The first-order valence-corrected chi connectivity index (χ1v) is 5.54. The molecule has 0 bridgehead atoms. The second-order valence-electron chi connectivity index (χ2n) is 4.72. The maximum absolute atomic E-state index is 4.46. The molecule has 1 aromatic heterocycles. The molecule has 1 aromatic rings. The first-order chi connectivity index (χ1) is 5.71. The number of nitrogens with zero attached hydrogens (tertiary/aromatic N) is 2. The van der Waals surface area contributed by atoms with E-state index in [9.17, 15) is 0 Å². The van der Waals surface area contributed by atoms with Gasteiger partial charge in [-0.3, -0.25) is 0 Å². The molecule has 1 rings (SSSR count). The highest BCUT2D eigenvalue weighted by atomic mass is 32.1. The van der Waals surface area contributed by atoms with Gasteiger partial charge in [-0.2, -0.15) is 12.6 Å². The van der Waals surface area contributed by atoms with Crippen molar-refractivity contribution in [1.29, 1.82) is 0 Å². The first-order valence-electron chi connectivity index (χ1n) is 4.28. The van der Waals surface area contributed by atoms with Gasteiger partial charge in [0.2, 0.25) is 0 Å². The molecule has 0 aliphatic rings. The highest BCUT2D eigenvalue weighted by Crippen LogP contribution is 2.33. The molecule has 0 spiro atoms. The van der Waals surface area contributed by atoms with Gasteiger partial charge in [0.25, 0.3) is 0 Å². The highest BCUT2D eigenvalue weighted by Gasteiger charge is 2.25. The van der Waals surface area contributed by atoms with Crippen molar-refractivity contribution in [3.8, 4) is 0 Å². The summed E-state index contributed by atoms with van der Waals surface area (Å²) in [6, 6.07) is 0. The van der Waals surface area contributed by atoms with Crippen LogP contribution in [0.25, 0.3) is 0 Å². The van der Waals surface area contributed by atoms with Gasteiger partial charge in [-0.1, -0.05) is 32.1 Å². The number of rotatable bonds is 1. The lowest BCUT2D eigenvalue weighted by atomic mass is 9.98. The molecule has 2 nitrogen and oxygen atoms in total. The Morgan fingerprint density at radius 3 is 1.69 bits per heavy atom. The summed E-state index contributed by atoms with van der Waals surface area (Å²) in [5.41, 5.74) is 0.0922. The average molecular weight is 216 g/mol. The molecule has 74 valence electrons. The minimum atomic E-state index is -0.179. The van der Waals surface area contributed by atoms with Crippen LogP contribution in [0.1, 0.15) is 44.6 Å². The van der Waals surface area contributed by atoms with E-state index >= 15 is 0 Å². The van der Waals surface area contributed by atoms with Crippen molar-refractivity contribution in [2.75, 3.05) is 0 Å². The van der Waals surface area contributed by atoms with Crippen LogP contribution in [0.3, 0.4) is 0 Å². The Kier molecular flexibility index (Phi) is 2.74. The van der Waals surface area contributed by atoms with Crippen molar-refractivity contribution in [1.82, 2.24) is 10.2 Å². The fraction of sp³-hybridized carbons (Fsp3) is 0.778. The van der Waals surface area contributed by atoms with E-state index < -0.39 is 0 Å². The second-order valence-corrected chi connectivity index (χ2v) is 6.82. The topological polar surface area (TPSA) is 25.8 Å². The van der Waals surface area contributed by atoms with Gasteiger partial charge in [-0.05, 0) is 13.8 Å². The molecule has 13 heavy (non-hydrogen) atoms. The van der Waals surface area contributed by atoms with E-state index in [0.717, 1.165) is 10.0 Å². The molecular weight excluding hydrogens is 200 g/mol. The quantitative estimate of drug-likeness (QED) is 0.730. The van der Waals surface area contributed by atoms with E-state index in [2.05, 4.69) is 43.6 Å². The number of hydrogen-bond donors (Lipinski definition) is 1. The minimum Gasteiger partial charge on any atom is -0.166 e. The standard InChI is InChI=1S/C9H16N2S2/c1-8(2,3)6-10-11-7(13-6)9(4,5)12/h12H,1-5H3. The number of aromatic nitrogens is 2. The molecule has 4 heteroatoms. The predicted octanol–water partition coefficient (Wildman–Crippen LogP) is 3.00. The Bertz CT molecular complexity index is 263. The fourth-order valence-corrected chi connectivity index (χ4v) is 1.86. The van der Waals surface area contributed by atoms with Crippen LogP contribution in [0, 0.1) is 0 Å². The fourth-order valence-electron chi connectivity index (χ4n) is 0.774. The smallest absolute Gasteiger partial charge is 0.132 e. The van der Waals surface area contributed by atoms with Crippen molar-refractivity contribution in [2.24, 2.45) is 0 Å². The number of thiol groups is 1. The van der Waals surface area contributed by atoms with Gasteiger partial charge in [0.15, 0.2) is 0 Å². The Morgan fingerprint density at radius 1 is 1.00 bits per heavy atom. The number of hydrogen-bond acceptors (Lipinski definition) is 4. The summed E-state index contributed by atoms with van der Waals surface area (Å²) in [6.07, 6.45) is 0. The van der Waals surface area contributed by atoms with E-state index in [0.29, 0.717) is 0 Å². The Balaban J connectivity index is 3.01. The average Bonchev–Trinajstić information content (AvgIpc) is 2.28. The van der Waals surface area contributed by atoms with E-state index in [-0.39, 0.29) is 10.2 Å². The highest BCUT2D eigenvalue weighted by molar-refractivity contribution is 7.81. The Labute approximate surface area is 89.2 Å². The lowest BCUT2D eigenvalue weighted by Gasteiger charge is -2.14. The summed E-state index contributed by atoms with van der Waals surface area (Å²) in [7, 11) is 0. The molecule has 1 heterocycles.